The highest BCUT2D eigenvalue weighted by Gasteiger charge is 2.64. The zero-order chi connectivity index (χ0) is 58.5. The Morgan fingerprint density at radius 3 is 0.375 bits per heavy atom. The van der Waals surface area contributed by atoms with Crippen molar-refractivity contribution in [3.05, 3.63) is 0 Å². The van der Waals surface area contributed by atoms with Crippen molar-refractivity contribution in [1.82, 2.24) is 24.6 Å². The summed E-state index contributed by atoms with van der Waals surface area (Å²) in [5, 5.41) is 0. The predicted molar refractivity (Wildman–Crippen MR) is 180 cm³/mol. The van der Waals surface area contributed by atoms with Gasteiger partial charge in [0.1, 0.15) is 0 Å². The molecule has 0 aliphatic heterocycles. The molecule has 0 aliphatic carbocycles. The van der Waals surface area contributed by atoms with Gasteiger partial charge in [-0.3, -0.25) is 0 Å². The maximum absolute atomic E-state index is 13.7. The van der Waals surface area contributed by atoms with E-state index in [1.165, 1.54) is 0 Å². The largest absolute Gasteiger partial charge is 0.512 e. The van der Waals surface area contributed by atoms with E-state index < -0.39 is 214 Å². The summed E-state index contributed by atoms with van der Waals surface area (Å²) in [5.74, 6) is 0. The lowest BCUT2D eigenvalue weighted by molar-refractivity contribution is -0.0548. The molecule has 0 aromatic rings. The topological polar surface area (TPSA) is 293 Å². The van der Waals surface area contributed by atoms with Gasteiger partial charge in [0.05, 0.1) is 0 Å². The second-order valence-corrected chi connectivity index (χ2v) is 27.8. The van der Waals surface area contributed by atoms with Crippen LogP contribution in [0.15, 0.2) is 0 Å². The van der Waals surface area contributed by atoms with Crippen LogP contribution in [0.4, 0.5) is 105 Å². The summed E-state index contributed by atoms with van der Waals surface area (Å²) >= 11 is 0. The first kappa shape index (κ1) is 69.7. The fourth-order valence-corrected chi connectivity index (χ4v) is 13.3. The third kappa shape index (κ3) is 14.8. The maximum Gasteiger partial charge on any atom is 0.512 e. The van der Waals surface area contributed by atoms with Crippen LogP contribution in [0.2, 0.25) is 0 Å². The molecular weight excluding hydrogens is 1270 g/mol. The molecule has 0 unspecified atom stereocenters. The monoisotopic (exact) mass is 1290 g/mol. The van der Waals surface area contributed by atoms with E-state index in [9.17, 15) is 173 Å². The number of hydrogen-bond acceptors (Lipinski definition) is 16. The minimum absolute atomic E-state index is 1.76. The van der Waals surface area contributed by atoms with E-state index in [2.05, 4.69) is 0 Å². The molecule has 22 nitrogen and oxygen atoms in total. The van der Waals surface area contributed by atoms with Crippen LogP contribution in [0.3, 0.4) is 0 Å². The SMILES string of the molecule is O=S(=O)(N(CCN(CCN(CCN(S(=O)(=O)C(F)(F)F)S(=O)(=O)C(F)(F)F)S(=O)(=O)C(F)(F)F)S(=O)(=O)C(F)(F)F)CCN(CCN(S(=O)(=O)C(F)(F)F)S(=O)(=O)C(F)(F)F)S(=O)(=O)C(F)(F)F)C(F)(F)F. The lowest BCUT2D eigenvalue weighted by Gasteiger charge is -2.32. The van der Waals surface area contributed by atoms with Crippen LogP contribution in [0.1, 0.15) is 0 Å². The van der Waals surface area contributed by atoms with Crippen LogP contribution in [-0.4, -0.2) is 201 Å². The standard InChI is InChI=1S/C18H20F24N6O16S8/c19-11(20,21)65(49,50)43(3-5-45(67(53,54)13(25,26)27)7-9-47(69(57,58)15(31,32)33)70(59,60)16(34,35)36)1-2-44(66(51,52)12(22,23)24)4-6-46(68(55,56)14(28,29)30)8-10-48(71(61,62)17(37,38)39)72(63,64)18(40,41)42/h1-10H2. The van der Waals surface area contributed by atoms with Crippen molar-refractivity contribution in [3.8, 4) is 0 Å². The maximum atomic E-state index is 13.7. The van der Waals surface area contributed by atoms with Gasteiger partial charge in [-0.05, 0) is 0 Å². The fraction of sp³-hybridized carbons (Fsp3) is 1.00. The van der Waals surface area contributed by atoms with E-state index >= 15 is 0 Å². The van der Waals surface area contributed by atoms with Gasteiger partial charge in [0.2, 0.25) is 0 Å². The fourth-order valence-electron chi connectivity index (χ4n) is 4.25. The van der Waals surface area contributed by atoms with Crippen molar-refractivity contribution >= 4 is 80.2 Å². The molecule has 0 aromatic carbocycles. The zero-order valence-electron chi connectivity index (χ0n) is 32.6. The van der Waals surface area contributed by atoms with Gasteiger partial charge in [0, 0.05) is 65.4 Å². The van der Waals surface area contributed by atoms with Crippen molar-refractivity contribution in [2.75, 3.05) is 65.4 Å². The first-order chi connectivity index (χ1) is 30.9. The third-order valence-electron chi connectivity index (χ3n) is 7.63. The summed E-state index contributed by atoms with van der Waals surface area (Å²) < 4.78 is 499. The molecule has 0 saturated carbocycles. The molecule has 0 heterocycles. The van der Waals surface area contributed by atoms with Gasteiger partial charge in [-0.1, -0.05) is 7.42 Å². The van der Waals surface area contributed by atoms with Crippen molar-refractivity contribution < 1.29 is 173 Å². The first-order valence-corrected chi connectivity index (χ1v) is 27.5. The Hall–Kier alpha value is -2.32. The second kappa shape index (κ2) is 21.2. The normalized spacial score (nSPS) is 16.0. The molecule has 0 spiro atoms. The van der Waals surface area contributed by atoms with Gasteiger partial charge in [-0.15, -0.1) is 0 Å². The second-order valence-electron chi connectivity index (χ2n) is 12.2. The first-order valence-electron chi connectivity index (χ1n) is 16.0. The van der Waals surface area contributed by atoms with Gasteiger partial charge in [-0.25, -0.2) is 67.3 Å². The molecule has 54 heteroatoms. The number of sulfonamides is 8. The van der Waals surface area contributed by atoms with Crippen molar-refractivity contribution in [2.24, 2.45) is 0 Å². The van der Waals surface area contributed by atoms with Gasteiger partial charge in [0.25, 0.3) is 0 Å². The van der Waals surface area contributed by atoms with Crippen LogP contribution in [0.25, 0.3) is 0 Å². The molecule has 72 heavy (non-hydrogen) atoms. The summed E-state index contributed by atoms with van der Waals surface area (Å²) in [4.78, 5) is 0. The summed E-state index contributed by atoms with van der Waals surface area (Å²) in [6.45, 7) is -30.5. The average Bonchev–Trinajstić information content (AvgIpc) is 3.09. The van der Waals surface area contributed by atoms with Gasteiger partial charge >= 0.3 is 124 Å². The number of nitrogens with zero attached hydrogens (tertiary/aromatic N) is 6. The highest BCUT2D eigenvalue weighted by atomic mass is 32.3. The Morgan fingerprint density at radius 2 is 0.278 bits per heavy atom. The van der Waals surface area contributed by atoms with Crippen LogP contribution in [0.5, 0.6) is 0 Å². The molecule has 434 valence electrons. The Balaban J connectivity index is 7.86. The molecule has 0 bridgehead atoms. The molecule has 0 amide bonds. The number of alkyl halides is 24. The summed E-state index contributed by atoms with van der Waals surface area (Å²) in [6.07, 6.45) is 0. The smallest absolute Gasteiger partial charge is 0.203 e. The van der Waals surface area contributed by atoms with Crippen molar-refractivity contribution in [2.45, 2.75) is 44.1 Å². The van der Waals surface area contributed by atoms with E-state index in [0.717, 1.165) is 0 Å². The van der Waals surface area contributed by atoms with Crippen LogP contribution < -0.4 is 0 Å². The molecule has 0 atom stereocenters. The van der Waals surface area contributed by atoms with E-state index in [-0.39, 0.29) is 0 Å². The van der Waals surface area contributed by atoms with E-state index in [1.54, 1.807) is 0 Å². The minimum atomic E-state index is -8.07. The molecule has 0 radical (unpaired) electrons. The van der Waals surface area contributed by atoms with Gasteiger partial charge in [0.15, 0.2) is 0 Å². The Labute approximate surface area is 386 Å². The highest BCUT2D eigenvalue weighted by Crippen LogP contribution is 2.38. The van der Waals surface area contributed by atoms with Crippen LogP contribution >= 0.6 is 0 Å². The highest BCUT2D eigenvalue weighted by molar-refractivity contribution is 8.05. The predicted octanol–water partition coefficient (Wildman–Crippen LogP) is 1.60. The zero-order valence-corrected chi connectivity index (χ0v) is 39.2. The van der Waals surface area contributed by atoms with Crippen LogP contribution in [0, 0.1) is 0 Å². The Morgan fingerprint density at radius 1 is 0.181 bits per heavy atom. The lowest BCUT2D eigenvalue weighted by atomic mass is 10.5. The number of rotatable bonds is 23. The molecule has 0 saturated heterocycles. The molecule has 0 aromatic heterocycles. The van der Waals surface area contributed by atoms with Crippen molar-refractivity contribution in [1.29, 1.82) is 0 Å². The van der Waals surface area contributed by atoms with Crippen LogP contribution in [-0.2, 0) is 80.2 Å². The van der Waals surface area contributed by atoms with E-state index in [4.69, 9.17) is 0 Å². The quantitative estimate of drug-likeness (QED) is 0.131. The Kier molecular flexibility index (Phi) is 20.6. The average molecular weight is 1290 g/mol. The molecular formula is C18H20F24N6O16S8. The summed E-state index contributed by atoms with van der Waals surface area (Å²) in [6, 6.07) is 0. The van der Waals surface area contributed by atoms with Crippen molar-refractivity contribution in [3.63, 3.8) is 0 Å². The molecule has 0 aliphatic rings. The lowest BCUT2D eigenvalue weighted by Crippen LogP contribution is -2.55. The van der Waals surface area contributed by atoms with E-state index in [1.807, 2.05) is 0 Å². The third-order valence-corrected chi connectivity index (χ3v) is 21.7. The minimum Gasteiger partial charge on any atom is -0.203 e. The Bertz CT molecular complexity index is 2570. The van der Waals surface area contributed by atoms with Gasteiger partial charge in [-0.2, -0.15) is 123 Å². The van der Waals surface area contributed by atoms with Gasteiger partial charge < -0.3 is 0 Å². The summed E-state index contributed by atoms with van der Waals surface area (Å²) in [7, 11) is -63.1. The number of halogens is 24. The molecule has 0 fully saturated rings. The molecule has 0 N–H and O–H groups in total. The van der Waals surface area contributed by atoms with E-state index in [0.29, 0.717) is 0 Å². The molecule has 0 rings (SSSR count). The number of hydrogen-bond donors (Lipinski definition) is 0. The summed E-state index contributed by atoms with van der Waals surface area (Å²) in [5.41, 5.74) is -57.2.